The molecule has 1 aromatic carbocycles. The van der Waals surface area contributed by atoms with E-state index in [-0.39, 0.29) is 29.7 Å². The molecule has 1 atom stereocenters. The SMILES string of the molecule is C[C@@H](Nc1cnc(N2CCCCC2)n(CC(=O)NCc2cc3cnccc3[nH]2)c1=O)c1cnc(-c2ccccc2)o1. The van der Waals surface area contributed by atoms with Gasteiger partial charge in [-0.3, -0.25) is 19.1 Å². The van der Waals surface area contributed by atoms with E-state index in [1.165, 1.54) is 4.57 Å². The molecule has 4 aromatic heterocycles. The van der Waals surface area contributed by atoms with Gasteiger partial charge in [0.05, 0.1) is 25.0 Å². The molecule has 210 valence electrons. The molecule has 0 bridgehead atoms. The van der Waals surface area contributed by atoms with Crippen LogP contribution in [0.3, 0.4) is 0 Å². The van der Waals surface area contributed by atoms with E-state index in [1.807, 2.05) is 49.4 Å². The Hall–Kier alpha value is -4.93. The highest BCUT2D eigenvalue weighted by molar-refractivity contribution is 5.80. The number of aromatic nitrogens is 5. The topological polar surface area (TPSA) is 134 Å². The van der Waals surface area contributed by atoms with Crippen LogP contribution in [0.15, 0.2) is 76.5 Å². The molecule has 5 heterocycles. The summed E-state index contributed by atoms with van der Waals surface area (Å²) in [5.74, 6) is 1.32. The van der Waals surface area contributed by atoms with Crippen molar-refractivity contribution in [3.8, 4) is 11.5 Å². The average molecular weight is 553 g/mol. The van der Waals surface area contributed by atoms with Crippen molar-refractivity contribution in [2.45, 2.75) is 45.3 Å². The number of nitrogens with one attached hydrogen (secondary N) is 3. The number of hydrogen-bond donors (Lipinski definition) is 3. The highest BCUT2D eigenvalue weighted by Crippen LogP contribution is 2.25. The van der Waals surface area contributed by atoms with Gasteiger partial charge in [-0.1, -0.05) is 18.2 Å². The molecule has 11 nitrogen and oxygen atoms in total. The van der Waals surface area contributed by atoms with E-state index in [1.54, 1.807) is 24.8 Å². The zero-order valence-electron chi connectivity index (χ0n) is 22.8. The smallest absolute Gasteiger partial charge is 0.278 e. The number of carbonyl (C=O) groups excluding carboxylic acids is 1. The number of fused-ring (bicyclic) bond motifs is 1. The van der Waals surface area contributed by atoms with E-state index in [4.69, 9.17) is 4.42 Å². The number of aromatic amines is 1. The Kier molecular flexibility index (Phi) is 7.48. The van der Waals surface area contributed by atoms with Crippen LogP contribution >= 0.6 is 0 Å². The number of rotatable bonds is 9. The first-order chi connectivity index (χ1) is 20.0. The van der Waals surface area contributed by atoms with Crippen LogP contribution in [-0.2, 0) is 17.9 Å². The minimum absolute atomic E-state index is 0.149. The lowest BCUT2D eigenvalue weighted by molar-refractivity contribution is -0.121. The van der Waals surface area contributed by atoms with Crippen molar-refractivity contribution >= 4 is 28.4 Å². The molecule has 0 saturated carbocycles. The second kappa shape index (κ2) is 11.7. The predicted molar refractivity (Wildman–Crippen MR) is 156 cm³/mol. The van der Waals surface area contributed by atoms with Gasteiger partial charge in [0.1, 0.15) is 18.0 Å². The van der Waals surface area contributed by atoms with E-state index in [2.05, 4.69) is 35.5 Å². The maximum atomic E-state index is 13.7. The summed E-state index contributed by atoms with van der Waals surface area (Å²) in [7, 11) is 0. The average Bonchev–Trinajstić information content (AvgIpc) is 3.67. The molecule has 5 aromatic rings. The first kappa shape index (κ1) is 26.3. The number of amides is 1. The second-order valence-corrected chi connectivity index (χ2v) is 10.2. The number of carbonyl (C=O) groups is 1. The first-order valence-corrected chi connectivity index (χ1v) is 13.9. The van der Waals surface area contributed by atoms with Gasteiger partial charge in [-0.25, -0.2) is 9.97 Å². The minimum atomic E-state index is -0.353. The number of anilines is 2. The molecule has 1 aliphatic rings. The summed E-state index contributed by atoms with van der Waals surface area (Å²) in [6.45, 7) is 3.63. The van der Waals surface area contributed by atoms with Gasteiger partial charge in [0.15, 0.2) is 0 Å². The van der Waals surface area contributed by atoms with Crippen LogP contribution in [-0.4, -0.2) is 43.5 Å². The molecular weight excluding hydrogens is 520 g/mol. The number of pyridine rings is 1. The zero-order chi connectivity index (χ0) is 28.2. The fraction of sp³-hybridized carbons (Fsp3) is 0.300. The van der Waals surface area contributed by atoms with Crippen LogP contribution in [0.5, 0.6) is 0 Å². The summed E-state index contributed by atoms with van der Waals surface area (Å²) in [6, 6.07) is 13.1. The van der Waals surface area contributed by atoms with Crippen LogP contribution in [0.25, 0.3) is 22.4 Å². The van der Waals surface area contributed by atoms with Gasteiger partial charge in [0.25, 0.3) is 5.56 Å². The number of hydrogen-bond acceptors (Lipinski definition) is 8. The molecule has 1 saturated heterocycles. The van der Waals surface area contributed by atoms with Crippen LogP contribution < -0.4 is 21.1 Å². The lowest BCUT2D eigenvalue weighted by Crippen LogP contribution is -2.40. The highest BCUT2D eigenvalue weighted by Gasteiger charge is 2.22. The van der Waals surface area contributed by atoms with Crippen molar-refractivity contribution in [3.05, 3.63) is 89.1 Å². The van der Waals surface area contributed by atoms with E-state index < -0.39 is 0 Å². The maximum Gasteiger partial charge on any atom is 0.278 e. The third-order valence-electron chi connectivity index (χ3n) is 7.26. The van der Waals surface area contributed by atoms with Crippen molar-refractivity contribution < 1.29 is 9.21 Å². The van der Waals surface area contributed by atoms with Crippen molar-refractivity contribution in [1.82, 2.24) is 29.8 Å². The van der Waals surface area contributed by atoms with E-state index in [0.29, 0.717) is 24.1 Å². The summed E-state index contributed by atoms with van der Waals surface area (Å²) in [5, 5.41) is 7.12. The molecule has 0 radical (unpaired) electrons. The van der Waals surface area contributed by atoms with E-state index in [0.717, 1.165) is 54.5 Å². The van der Waals surface area contributed by atoms with E-state index in [9.17, 15) is 9.59 Å². The third-order valence-corrected chi connectivity index (χ3v) is 7.26. The monoisotopic (exact) mass is 552 g/mol. The van der Waals surface area contributed by atoms with Crippen LogP contribution in [0.1, 0.15) is 43.7 Å². The predicted octanol–water partition coefficient (Wildman–Crippen LogP) is 4.25. The van der Waals surface area contributed by atoms with Crippen molar-refractivity contribution in [2.75, 3.05) is 23.3 Å². The lowest BCUT2D eigenvalue weighted by Gasteiger charge is -2.29. The molecule has 1 fully saturated rings. The Morgan fingerprint density at radius 3 is 2.71 bits per heavy atom. The highest BCUT2D eigenvalue weighted by atomic mass is 16.4. The Labute approximate surface area is 236 Å². The zero-order valence-corrected chi connectivity index (χ0v) is 22.8. The van der Waals surface area contributed by atoms with Crippen LogP contribution in [0, 0.1) is 0 Å². The molecule has 1 amide bonds. The molecule has 3 N–H and O–H groups in total. The molecule has 0 unspecified atom stereocenters. The number of benzene rings is 1. The summed E-state index contributed by atoms with van der Waals surface area (Å²) in [6.07, 6.45) is 9.86. The Morgan fingerprint density at radius 2 is 1.90 bits per heavy atom. The molecule has 11 heteroatoms. The molecule has 0 aliphatic carbocycles. The van der Waals surface area contributed by atoms with Crippen LogP contribution in [0.4, 0.5) is 11.6 Å². The fourth-order valence-corrected chi connectivity index (χ4v) is 5.10. The molecular formula is C30H32N8O3. The normalized spacial score (nSPS) is 14.2. The largest absolute Gasteiger partial charge is 0.439 e. The molecule has 1 aliphatic heterocycles. The molecule has 0 spiro atoms. The van der Waals surface area contributed by atoms with Crippen molar-refractivity contribution in [2.24, 2.45) is 0 Å². The third kappa shape index (κ3) is 5.84. The number of piperidine rings is 1. The second-order valence-electron chi connectivity index (χ2n) is 10.2. The van der Waals surface area contributed by atoms with Gasteiger partial charge in [0, 0.05) is 47.6 Å². The Bertz CT molecular complexity index is 1670. The van der Waals surface area contributed by atoms with Crippen LogP contribution in [0.2, 0.25) is 0 Å². The molecule has 41 heavy (non-hydrogen) atoms. The van der Waals surface area contributed by atoms with Gasteiger partial charge in [-0.05, 0) is 50.5 Å². The quantitative estimate of drug-likeness (QED) is 0.247. The van der Waals surface area contributed by atoms with Gasteiger partial charge >= 0.3 is 0 Å². The Morgan fingerprint density at radius 1 is 1.07 bits per heavy atom. The summed E-state index contributed by atoms with van der Waals surface area (Å²) >= 11 is 0. The van der Waals surface area contributed by atoms with Gasteiger partial charge in [0.2, 0.25) is 17.7 Å². The maximum absolute atomic E-state index is 13.7. The van der Waals surface area contributed by atoms with Crippen molar-refractivity contribution in [1.29, 1.82) is 0 Å². The fourth-order valence-electron chi connectivity index (χ4n) is 5.10. The van der Waals surface area contributed by atoms with Crippen molar-refractivity contribution in [3.63, 3.8) is 0 Å². The van der Waals surface area contributed by atoms with E-state index >= 15 is 0 Å². The summed E-state index contributed by atoms with van der Waals surface area (Å²) < 4.78 is 7.43. The minimum Gasteiger partial charge on any atom is -0.439 e. The Balaban J connectivity index is 1.21. The van der Waals surface area contributed by atoms with Gasteiger partial charge in [-0.2, -0.15) is 0 Å². The summed E-state index contributed by atoms with van der Waals surface area (Å²) in [4.78, 5) is 45.4. The number of oxazole rings is 1. The number of nitrogens with zero attached hydrogens (tertiary/aromatic N) is 5. The molecule has 6 rings (SSSR count). The van der Waals surface area contributed by atoms with Gasteiger partial charge < -0.3 is 24.9 Å². The lowest BCUT2D eigenvalue weighted by atomic mass is 10.1. The standard InChI is InChI=1S/C30H32N8O3/c1-20(26-18-33-28(41-26)21-8-4-2-5-9-21)35-25-17-34-30(37-12-6-3-7-13-37)38(29(25)40)19-27(39)32-16-23-14-22-15-31-11-10-24(22)36-23/h2,4-5,8-11,14-15,17-18,20,35-36H,3,6-7,12-13,16,19H2,1H3,(H,32,39)/t20-/m1/s1. The summed E-state index contributed by atoms with van der Waals surface area (Å²) in [5.41, 5.74) is 2.65. The van der Waals surface area contributed by atoms with Gasteiger partial charge in [-0.15, -0.1) is 0 Å². The first-order valence-electron chi connectivity index (χ1n) is 13.9. The number of H-pyrrole nitrogens is 1.